The molecular formula is C53H73F4N16O15P. The molecule has 10 rings (SSSR count). The van der Waals surface area contributed by atoms with E-state index >= 15 is 4.39 Å². The van der Waals surface area contributed by atoms with Crippen LogP contribution in [-0.2, 0) is 32.8 Å². The van der Waals surface area contributed by atoms with Gasteiger partial charge in [-0.05, 0) is 53.7 Å². The number of hydrogen-bond donors (Lipinski definition) is 6. The molecule has 3 aliphatic rings. The number of benzene rings is 1. The average Bonchev–Trinajstić information content (AvgIpc) is 1.63. The van der Waals surface area contributed by atoms with Crippen molar-refractivity contribution in [2.24, 2.45) is 0 Å². The summed E-state index contributed by atoms with van der Waals surface area (Å²) in [6.07, 6.45) is -11.5. The van der Waals surface area contributed by atoms with Crippen molar-refractivity contribution in [3.05, 3.63) is 55.4 Å². The van der Waals surface area contributed by atoms with E-state index in [-0.39, 0.29) is 40.4 Å². The van der Waals surface area contributed by atoms with Crippen LogP contribution in [-0.4, -0.2) is 232 Å². The summed E-state index contributed by atoms with van der Waals surface area (Å²) in [6, 6.07) is 7.20. The quantitative estimate of drug-likeness (QED) is 0.0293. The zero-order chi connectivity index (χ0) is 65.4. The van der Waals surface area contributed by atoms with Crippen molar-refractivity contribution in [1.82, 2.24) is 63.6 Å². The molecular weight excluding hydrogens is 1210 g/mol. The lowest BCUT2D eigenvalue weighted by atomic mass is 9.99. The van der Waals surface area contributed by atoms with Crippen LogP contribution in [0.1, 0.15) is 60.2 Å². The smallest absolute Gasteiger partial charge is 0.459 e. The molecule has 0 bridgehead atoms. The Hall–Kier alpha value is -7.31. The van der Waals surface area contributed by atoms with Crippen LogP contribution >= 0.6 is 7.75 Å². The summed E-state index contributed by atoms with van der Waals surface area (Å²) in [5.74, 6) is 0.692. The van der Waals surface area contributed by atoms with E-state index in [1.807, 2.05) is 0 Å². The number of methoxy groups -OCH3 is 2. The third-order valence-corrected chi connectivity index (χ3v) is 16.2. The number of aliphatic hydroxyl groups excluding tert-OH is 5. The lowest BCUT2D eigenvalue weighted by Crippen LogP contribution is -2.44. The van der Waals surface area contributed by atoms with Gasteiger partial charge in [0.2, 0.25) is 0 Å². The molecule has 9 heterocycles. The van der Waals surface area contributed by atoms with Crippen LogP contribution in [0.3, 0.4) is 0 Å². The maximum atomic E-state index is 15.7. The van der Waals surface area contributed by atoms with Crippen LogP contribution in [0.5, 0.6) is 17.8 Å². The Labute approximate surface area is 507 Å². The van der Waals surface area contributed by atoms with Crippen LogP contribution in [0.15, 0.2) is 49.3 Å². The van der Waals surface area contributed by atoms with Gasteiger partial charge in [-0.25, -0.2) is 32.7 Å². The second-order valence-corrected chi connectivity index (χ2v) is 24.2. The molecule has 3 fully saturated rings. The van der Waals surface area contributed by atoms with Crippen molar-refractivity contribution in [2.45, 2.75) is 126 Å². The number of ether oxygens (including phenoxy) is 6. The van der Waals surface area contributed by atoms with E-state index in [4.69, 9.17) is 37.5 Å². The first-order chi connectivity index (χ1) is 41.9. The van der Waals surface area contributed by atoms with Crippen LogP contribution in [0.2, 0.25) is 0 Å². The number of esters is 1. The first-order valence-electron chi connectivity index (χ1n) is 27.6. The number of halogens is 4. The predicted octanol–water partition coefficient (Wildman–Crippen LogP) is 2.91. The second kappa shape index (κ2) is 26.6. The Morgan fingerprint density at radius 2 is 1.02 bits per heavy atom. The highest BCUT2D eigenvalue weighted by Gasteiger charge is 2.56. The molecule has 7 aromatic rings. The van der Waals surface area contributed by atoms with Gasteiger partial charge in [-0.3, -0.25) is 23.0 Å². The molecule has 0 radical (unpaired) electrons. The van der Waals surface area contributed by atoms with E-state index in [0.29, 0.717) is 28.3 Å². The lowest BCUT2D eigenvalue weighted by Gasteiger charge is -2.30. The largest absolute Gasteiger partial charge is 0.467 e. The molecule has 6 N–H and O–H groups in total. The maximum absolute atomic E-state index is 15.7. The number of nitrogens with zero attached hydrogens (tertiary/aromatic N) is 15. The predicted molar refractivity (Wildman–Crippen MR) is 309 cm³/mol. The van der Waals surface area contributed by atoms with Crippen molar-refractivity contribution < 1.29 is 89.9 Å². The Bertz CT molecular complexity index is 3650. The van der Waals surface area contributed by atoms with Crippen molar-refractivity contribution in [1.29, 1.82) is 0 Å². The summed E-state index contributed by atoms with van der Waals surface area (Å²) in [5, 5.41) is 52.2. The van der Waals surface area contributed by atoms with Gasteiger partial charge in [0, 0.05) is 42.3 Å². The van der Waals surface area contributed by atoms with Gasteiger partial charge in [0.15, 0.2) is 88.1 Å². The summed E-state index contributed by atoms with van der Waals surface area (Å²) in [4.78, 5) is 54.5. The van der Waals surface area contributed by atoms with E-state index in [1.54, 1.807) is 101 Å². The average molecular weight is 1280 g/mol. The number of imidazole rings is 3. The first kappa shape index (κ1) is 67.6. The van der Waals surface area contributed by atoms with Crippen molar-refractivity contribution in [3.63, 3.8) is 0 Å². The molecule has 0 amide bonds. The molecule has 89 heavy (non-hydrogen) atoms. The number of aliphatic hydroxyl groups is 5. The molecule has 0 aliphatic carbocycles. The van der Waals surface area contributed by atoms with Gasteiger partial charge in [0.05, 0.1) is 59.1 Å². The third-order valence-electron chi connectivity index (χ3n) is 14.5. The number of alkyl halides is 3. The number of nitrogens with one attached hydrogen (secondary N) is 1. The minimum atomic E-state index is -4.31. The molecule has 14 atom stereocenters. The molecule has 488 valence electrons. The third kappa shape index (κ3) is 13.6. The Balaban J connectivity index is 0.000000185. The summed E-state index contributed by atoms with van der Waals surface area (Å²) < 4.78 is 120. The lowest BCUT2D eigenvalue weighted by molar-refractivity contribution is -0.149. The molecule has 1 aromatic carbocycles. The highest BCUT2D eigenvalue weighted by Crippen LogP contribution is 2.49. The fourth-order valence-electron chi connectivity index (χ4n) is 9.59. The van der Waals surface area contributed by atoms with Crippen molar-refractivity contribution >= 4 is 64.7 Å². The number of rotatable bonds is 19. The van der Waals surface area contributed by atoms with Gasteiger partial charge in [-0.2, -0.15) is 39.4 Å². The second-order valence-electron chi connectivity index (χ2n) is 22.5. The van der Waals surface area contributed by atoms with Crippen LogP contribution in [0.4, 0.5) is 35.0 Å². The number of fused-ring (bicyclic) bond motifs is 3. The monoisotopic (exact) mass is 1280 g/mol. The van der Waals surface area contributed by atoms with Gasteiger partial charge < -0.3 is 73.2 Å². The van der Waals surface area contributed by atoms with Crippen LogP contribution < -0.4 is 33.8 Å². The van der Waals surface area contributed by atoms with Gasteiger partial charge in [0.1, 0.15) is 46.9 Å². The summed E-state index contributed by atoms with van der Waals surface area (Å²) in [7, 11) is 8.94. The molecule has 3 aliphatic heterocycles. The Morgan fingerprint density at radius 3 is 1.39 bits per heavy atom. The molecule has 1 unspecified atom stereocenters. The van der Waals surface area contributed by atoms with Crippen LogP contribution in [0, 0.1) is 6.08 Å². The van der Waals surface area contributed by atoms with Gasteiger partial charge in [0.25, 0.3) is 0 Å². The zero-order valence-corrected chi connectivity index (χ0v) is 52.0. The van der Waals surface area contributed by atoms with Crippen molar-refractivity contribution in [2.75, 3.05) is 91.0 Å². The Morgan fingerprint density at radius 1 is 0.640 bits per heavy atom. The number of carbonyl (C=O) groups excluding carboxylic acids is 1. The van der Waals surface area contributed by atoms with E-state index in [9.17, 15) is 48.1 Å². The minimum Gasteiger partial charge on any atom is -0.467 e. The number of hydrogen-bond acceptors (Lipinski definition) is 27. The van der Waals surface area contributed by atoms with E-state index in [2.05, 4.69) is 49.9 Å². The summed E-state index contributed by atoms with van der Waals surface area (Å²) in [6.45, 7) is 7.38. The standard InChI is InChI=1S/C26H36FN6O8P.C14H20FN5O4.C13H17F2N5O3/c1-15(2)39-24(35)16(3)31-42(36,41-17-11-9-8-10-12-17)38-13-26(4)20(34)18(27)23(40-26)33-14-28-19-21(32(5)6)29-25(37-7)30-22(19)33;1-14(5-21)9(22)7(15)12(24-14)20-6-16-8-10(19(2)3)17-13(23-4)18-11(8)20;1-13(4-21)8(22)6(14)11(23-13)20-5-16-7-9(19(2)3)17-12(15)18-10(7)20/h8-12,14-16,18,20,23,34H,13H2,1-7H3,(H,31,36);6-7,9,12,21-22H,5H2,1-4H3;5-6,8,11,21-22H,4H2,1-3H3/t16-,18+,20-,23+,26+,42?;7-,9+,12-,14-;6-,8+,11-,13-/m011/s1. The molecule has 3 saturated heterocycles. The topological polar surface area (TPSA) is 362 Å². The van der Waals surface area contributed by atoms with Gasteiger partial charge in [-0.1, -0.05) is 18.2 Å². The molecule has 31 nitrogen and oxygen atoms in total. The Kier molecular flexibility index (Phi) is 20.2. The zero-order valence-electron chi connectivity index (χ0n) is 51.1. The fraction of sp³-hybridized carbons (Fsp3) is 0.585. The van der Waals surface area contributed by atoms with Crippen LogP contribution in [0.25, 0.3) is 33.5 Å². The highest BCUT2D eigenvalue weighted by molar-refractivity contribution is 7.52. The normalized spacial score (nSPS) is 27.6. The molecule has 0 spiro atoms. The summed E-state index contributed by atoms with van der Waals surface area (Å²) >= 11 is 0. The molecule has 36 heteroatoms. The molecule has 6 aromatic heterocycles. The van der Waals surface area contributed by atoms with Crippen molar-refractivity contribution in [3.8, 4) is 17.8 Å². The minimum absolute atomic E-state index is 0.0307. The van der Waals surface area contributed by atoms with Gasteiger partial charge in [-0.15, -0.1) is 0 Å². The number of aromatic nitrogens is 12. The first-order valence-corrected chi connectivity index (χ1v) is 29.1. The number of carbonyl (C=O) groups is 1. The summed E-state index contributed by atoms with van der Waals surface area (Å²) in [5.41, 5.74) is -2.91. The van der Waals surface area contributed by atoms with Gasteiger partial charge >= 0.3 is 31.8 Å². The van der Waals surface area contributed by atoms with E-state index in [1.165, 1.54) is 74.6 Å². The van der Waals surface area contributed by atoms with E-state index in [0.717, 1.165) is 0 Å². The number of para-hydroxylation sites is 1. The number of anilines is 3. The molecule has 0 saturated carbocycles. The fourth-order valence-corrected chi connectivity index (χ4v) is 11.2. The maximum Gasteiger partial charge on any atom is 0.459 e. The van der Waals surface area contributed by atoms with E-state index < -0.39 is 124 Å². The highest BCUT2D eigenvalue weighted by atomic mass is 31.2. The SMILES string of the molecule is CN(C)c1nc(F)nc2c1ncn2[C@@H]1O[C@](C)(CO)[C@@H](O)[C@H]1F.COc1nc(N(C)C)c2ncn([C@@H]3O[C@](C)(CO)[C@@H](O)[C@H]3F)c2n1.COc1nc(N(C)C)c2ncn([C@@H]3O[C@](C)(COP(=O)(N[C@@H](C)C(=O)OC(C)C)Oc4ccccc4)[C@@H](O)[C@H]3F)c2n1.